The number of rotatable bonds is 4. The van der Waals surface area contributed by atoms with Crippen molar-refractivity contribution in [3.63, 3.8) is 0 Å². The molecule has 3 heteroatoms. The monoisotopic (exact) mass is 236 g/mol. The van der Waals surface area contributed by atoms with Crippen LogP contribution in [0.25, 0.3) is 0 Å². The van der Waals surface area contributed by atoms with Crippen LogP contribution in [-0.2, 0) is 9.53 Å². The van der Waals surface area contributed by atoms with Crippen molar-refractivity contribution in [1.82, 2.24) is 0 Å². The van der Waals surface area contributed by atoms with Crippen molar-refractivity contribution in [2.45, 2.75) is 39.9 Å². The third-order valence-corrected chi connectivity index (χ3v) is 2.65. The van der Waals surface area contributed by atoms with Crippen molar-refractivity contribution < 1.29 is 14.6 Å². The Hall–Kier alpha value is -1.35. The quantitative estimate of drug-likeness (QED) is 0.817. The Morgan fingerprint density at radius 1 is 1.12 bits per heavy atom. The molecule has 1 N–H and O–H groups in total. The van der Waals surface area contributed by atoms with E-state index in [1.165, 1.54) is 0 Å². The summed E-state index contributed by atoms with van der Waals surface area (Å²) >= 11 is 0. The van der Waals surface area contributed by atoms with Crippen molar-refractivity contribution >= 4 is 5.97 Å². The maximum atomic E-state index is 11.5. The van der Waals surface area contributed by atoms with E-state index >= 15 is 0 Å². The number of aliphatic hydroxyl groups is 1. The van der Waals surface area contributed by atoms with Gasteiger partial charge in [0.1, 0.15) is 6.10 Å². The zero-order valence-electron chi connectivity index (χ0n) is 10.8. The summed E-state index contributed by atoms with van der Waals surface area (Å²) < 4.78 is 5.34. The molecule has 0 aromatic heterocycles. The molecular weight excluding hydrogens is 216 g/mol. The van der Waals surface area contributed by atoms with Gasteiger partial charge in [-0.05, 0) is 25.0 Å². The molecule has 0 radical (unpaired) electrons. The fourth-order valence-corrected chi connectivity index (χ4v) is 1.64. The van der Waals surface area contributed by atoms with Gasteiger partial charge >= 0.3 is 5.97 Å². The lowest BCUT2D eigenvalue weighted by molar-refractivity contribution is -0.152. The average molecular weight is 236 g/mol. The summed E-state index contributed by atoms with van der Waals surface area (Å²) in [5, 5.41) is 9.66. The summed E-state index contributed by atoms with van der Waals surface area (Å²) in [6, 6.07) is 7.46. The molecule has 94 valence electrons. The maximum absolute atomic E-state index is 11.5. The van der Waals surface area contributed by atoms with Crippen LogP contribution < -0.4 is 0 Å². The van der Waals surface area contributed by atoms with Gasteiger partial charge in [-0.15, -0.1) is 0 Å². The molecule has 3 nitrogen and oxygen atoms in total. The van der Waals surface area contributed by atoms with Crippen LogP contribution in [0.2, 0.25) is 0 Å². The summed E-state index contributed by atoms with van der Waals surface area (Å²) in [5.41, 5.74) is 1.66. The van der Waals surface area contributed by atoms with E-state index < -0.39 is 6.10 Å². The van der Waals surface area contributed by atoms with E-state index in [1.807, 2.05) is 31.2 Å². The average Bonchev–Trinajstić information content (AvgIpc) is 2.28. The Balaban J connectivity index is 2.88. The van der Waals surface area contributed by atoms with Gasteiger partial charge in [0.25, 0.3) is 0 Å². The van der Waals surface area contributed by atoms with Crippen molar-refractivity contribution in [2.75, 3.05) is 0 Å². The van der Waals surface area contributed by atoms with Crippen LogP contribution in [0, 0.1) is 5.92 Å². The molecule has 0 bridgehead atoms. The molecule has 0 saturated heterocycles. The zero-order chi connectivity index (χ0) is 13.0. The fourth-order valence-electron chi connectivity index (χ4n) is 1.64. The number of esters is 1. The highest BCUT2D eigenvalue weighted by Gasteiger charge is 2.18. The molecule has 17 heavy (non-hydrogen) atoms. The SMILES string of the molecule is CC(C)C(=O)O[C@H](C)c1ccccc1[C@H](C)O. The van der Waals surface area contributed by atoms with Gasteiger partial charge < -0.3 is 9.84 Å². The third-order valence-electron chi connectivity index (χ3n) is 2.65. The molecule has 0 heterocycles. The van der Waals surface area contributed by atoms with Gasteiger partial charge in [0.15, 0.2) is 0 Å². The van der Waals surface area contributed by atoms with Crippen LogP contribution in [0.5, 0.6) is 0 Å². The lowest BCUT2D eigenvalue weighted by Crippen LogP contribution is -2.15. The standard InChI is InChI=1S/C14H20O3/c1-9(2)14(16)17-11(4)13-8-6-5-7-12(13)10(3)15/h5-11,15H,1-4H3/t10-,11+/m0/s1. The minimum Gasteiger partial charge on any atom is -0.458 e. The predicted octanol–water partition coefficient (Wildman–Crippen LogP) is 3.00. The molecule has 1 aromatic rings. The molecule has 0 aliphatic carbocycles. The highest BCUT2D eigenvalue weighted by Crippen LogP contribution is 2.26. The van der Waals surface area contributed by atoms with Gasteiger partial charge in [0, 0.05) is 0 Å². The van der Waals surface area contributed by atoms with Crippen LogP contribution >= 0.6 is 0 Å². The Kier molecular flexibility index (Phi) is 4.70. The third kappa shape index (κ3) is 3.56. The first-order chi connectivity index (χ1) is 7.93. The Morgan fingerprint density at radius 3 is 2.12 bits per heavy atom. The Bertz CT molecular complexity index is 383. The molecule has 2 atom stereocenters. The normalized spacial score (nSPS) is 14.5. The number of aliphatic hydroxyl groups excluding tert-OH is 1. The minimum absolute atomic E-state index is 0.142. The van der Waals surface area contributed by atoms with E-state index in [2.05, 4.69) is 0 Å². The molecule has 0 aliphatic rings. The first-order valence-electron chi connectivity index (χ1n) is 5.90. The molecular formula is C14H20O3. The Morgan fingerprint density at radius 2 is 1.65 bits per heavy atom. The molecule has 0 spiro atoms. The number of hydrogen-bond acceptors (Lipinski definition) is 3. The van der Waals surface area contributed by atoms with Crippen LogP contribution in [-0.4, -0.2) is 11.1 Å². The second-order valence-electron chi connectivity index (χ2n) is 4.54. The summed E-state index contributed by atoms with van der Waals surface area (Å²) in [7, 11) is 0. The summed E-state index contributed by atoms with van der Waals surface area (Å²) in [5.74, 6) is -0.367. The van der Waals surface area contributed by atoms with Crippen molar-refractivity contribution in [3.05, 3.63) is 35.4 Å². The van der Waals surface area contributed by atoms with Gasteiger partial charge in [-0.3, -0.25) is 4.79 Å². The van der Waals surface area contributed by atoms with Gasteiger partial charge in [0.2, 0.25) is 0 Å². The van der Waals surface area contributed by atoms with Crippen LogP contribution in [0.4, 0.5) is 0 Å². The van der Waals surface area contributed by atoms with E-state index in [0.717, 1.165) is 11.1 Å². The first kappa shape index (κ1) is 13.7. The lowest BCUT2D eigenvalue weighted by Gasteiger charge is -2.19. The smallest absolute Gasteiger partial charge is 0.308 e. The zero-order valence-corrected chi connectivity index (χ0v) is 10.8. The topological polar surface area (TPSA) is 46.5 Å². The van der Waals surface area contributed by atoms with Crippen LogP contribution in [0.15, 0.2) is 24.3 Å². The van der Waals surface area contributed by atoms with Gasteiger partial charge in [-0.2, -0.15) is 0 Å². The van der Waals surface area contributed by atoms with Crippen molar-refractivity contribution in [2.24, 2.45) is 5.92 Å². The first-order valence-corrected chi connectivity index (χ1v) is 5.90. The molecule has 0 amide bonds. The van der Waals surface area contributed by atoms with Gasteiger partial charge in [0.05, 0.1) is 12.0 Å². The number of ether oxygens (including phenoxy) is 1. The highest BCUT2D eigenvalue weighted by molar-refractivity contribution is 5.71. The molecule has 0 saturated carbocycles. The second kappa shape index (κ2) is 5.82. The maximum Gasteiger partial charge on any atom is 0.308 e. The lowest BCUT2D eigenvalue weighted by atomic mass is 9.99. The van der Waals surface area contributed by atoms with Gasteiger partial charge in [-0.1, -0.05) is 38.1 Å². The second-order valence-corrected chi connectivity index (χ2v) is 4.54. The fraction of sp³-hybridized carbons (Fsp3) is 0.500. The predicted molar refractivity (Wildman–Crippen MR) is 66.4 cm³/mol. The Labute approximate surface area is 102 Å². The molecule has 0 aliphatic heterocycles. The summed E-state index contributed by atoms with van der Waals surface area (Å²) in [6.45, 7) is 7.13. The minimum atomic E-state index is -0.564. The van der Waals surface area contributed by atoms with E-state index in [1.54, 1.807) is 20.8 Å². The molecule has 0 fully saturated rings. The van der Waals surface area contributed by atoms with Crippen molar-refractivity contribution in [3.8, 4) is 0 Å². The van der Waals surface area contributed by atoms with E-state index in [4.69, 9.17) is 4.74 Å². The summed E-state index contributed by atoms with van der Waals surface area (Å²) in [4.78, 5) is 11.5. The van der Waals surface area contributed by atoms with Crippen LogP contribution in [0.1, 0.15) is 51.0 Å². The van der Waals surface area contributed by atoms with Gasteiger partial charge in [-0.25, -0.2) is 0 Å². The number of carbonyl (C=O) groups excluding carboxylic acids is 1. The van der Waals surface area contributed by atoms with Crippen molar-refractivity contribution in [1.29, 1.82) is 0 Å². The summed E-state index contributed by atoms with van der Waals surface area (Å²) in [6.07, 6.45) is -0.901. The number of benzene rings is 1. The molecule has 1 aromatic carbocycles. The molecule has 1 rings (SSSR count). The van der Waals surface area contributed by atoms with Crippen LogP contribution in [0.3, 0.4) is 0 Å². The number of hydrogen-bond donors (Lipinski definition) is 1. The highest BCUT2D eigenvalue weighted by atomic mass is 16.5. The van der Waals surface area contributed by atoms with E-state index in [-0.39, 0.29) is 18.0 Å². The van der Waals surface area contributed by atoms with E-state index in [9.17, 15) is 9.90 Å². The molecule has 0 unspecified atom stereocenters. The largest absolute Gasteiger partial charge is 0.458 e. The van der Waals surface area contributed by atoms with E-state index in [0.29, 0.717) is 0 Å². The number of carbonyl (C=O) groups is 1.